The largest absolute Gasteiger partial charge is 0.463 e. The van der Waals surface area contributed by atoms with Crippen molar-refractivity contribution in [3.05, 3.63) is 63.9 Å². The Morgan fingerprint density at radius 2 is 2.09 bits per heavy atom. The van der Waals surface area contributed by atoms with Crippen LogP contribution in [-0.4, -0.2) is 17.7 Å². The summed E-state index contributed by atoms with van der Waals surface area (Å²) in [5, 5.41) is 10.8. The smallest absolute Gasteiger partial charge is 0.338 e. The van der Waals surface area contributed by atoms with E-state index in [0.717, 1.165) is 11.1 Å². The molecule has 1 atom stereocenters. The fraction of sp³-hybridized carbons (Fsp3) is 0.176. The van der Waals surface area contributed by atoms with Crippen molar-refractivity contribution in [2.45, 2.75) is 13.0 Å². The molecule has 4 nitrogen and oxygen atoms in total. The fourth-order valence-electron chi connectivity index (χ4n) is 2.52. The lowest BCUT2D eigenvalue weighted by molar-refractivity contribution is -0.138. The highest BCUT2D eigenvalue weighted by atomic mass is 32.1. The maximum atomic E-state index is 12.6. The molecule has 1 aliphatic heterocycles. The molecule has 1 aliphatic rings. The minimum Gasteiger partial charge on any atom is -0.463 e. The Hall–Kier alpha value is -2.18. The predicted molar refractivity (Wildman–Crippen MR) is 95.9 cm³/mol. The second-order valence-electron chi connectivity index (χ2n) is 4.96. The molecular weight excluding hydrogens is 328 g/mol. The van der Waals surface area contributed by atoms with Crippen LogP contribution in [-0.2, 0) is 9.53 Å². The van der Waals surface area contributed by atoms with E-state index in [2.05, 4.69) is 10.6 Å². The monoisotopic (exact) mass is 344 g/mol. The molecule has 1 aromatic heterocycles. The molecule has 0 radical (unpaired) electrons. The molecule has 6 heteroatoms. The summed E-state index contributed by atoms with van der Waals surface area (Å²) in [6, 6.07) is 11.3. The van der Waals surface area contributed by atoms with Crippen molar-refractivity contribution in [3.63, 3.8) is 0 Å². The van der Waals surface area contributed by atoms with E-state index in [-0.39, 0.29) is 12.0 Å². The number of hydrogen-bond acceptors (Lipinski definition) is 4. The van der Waals surface area contributed by atoms with Gasteiger partial charge >= 0.3 is 5.97 Å². The fourth-order valence-corrected chi connectivity index (χ4v) is 3.42. The van der Waals surface area contributed by atoms with E-state index in [1.807, 2.05) is 47.2 Å². The van der Waals surface area contributed by atoms with Crippen LogP contribution in [0.2, 0.25) is 0 Å². The van der Waals surface area contributed by atoms with Crippen LogP contribution in [0.3, 0.4) is 0 Å². The maximum Gasteiger partial charge on any atom is 0.338 e. The Morgan fingerprint density at radius 3 is 2.74 bits per heavy atom. The number of thiocarbonyl (C=S) groups is 1. The van der Waals surface area contributed by atoms with Crippen LogP contribution in [0.4, 0.5) is 0 Å². The van der Waals surface area contributed by atoms with Crippen LogP contribution in [0, 0.1) is 0 Å². The summed E-state index contributed by atoms with van der Waals surface area (Å²) in [7, 11) is 0. The Balaban J connectivity index is 2.15. The van der Waals surface area contributed by atoms with Gasteiger partial charge in [-0.2, -0.15) is 11.3 Å². The SMILES string of the molecule is CCOC(=O)C1=C(c2ccccc2)NC(=S)N[C@H]1c1ccsc1. The van der Waals surface area contributed by atoms with E-state index >= 15 is 0 Å². The van der Waals surface area contributed by atoms with Gasteiger partial charge in [-0.05, 0) is 47.1 Å². The second kappa shape index (κ2) is 6.93. The van der Waals surface area contributed by atoms with Crippen molar-refractivity contribution in [2.24, 2.45) is 0 Å². The summed E-state index contributed by atoms with van der Waals surface area (Å²) >= 11 is 6.91. The van der Waals surface area contributed by atoms with Crippen molar-refractivity contribution in [2.75, 3.05) is 6.61 Å². The number of thiophene rings is 1. The molecule has 0 bridgehead atoms. The highest BCUT2D eigenvalue weighted by Gasteiger charge is 2.33. The highest BCUT2D eigenvalue weighted by Crippen LogP contribution is 2.32. The third kappa shape index (κ3) is 3.28. The third-order valence-electron chi connectivity index (χ3n) is 3.51. The molecule has 118 valence electrons. The number of carbonyl (C=O) groups is 1. The lowest BCUT2D eigenvalue weighted by Gasteiger charge is -2.30. The Labute approximate surface area is 144 Å². The van der Waals surface area contributed by atoms with Crippen molar-refractivity contribution < 1.29 is 9.53 Å². The van der Waals surface area contributed by atoms with E-state index < -0.39 is 0 Å². The summed E-state index contributed by atoms with van der Waals surface area (Å²) in [5.41, 5.74) is 3.14. The molecule has 0 unspecified atom stereocenters. The van der Waals surface area contributed by atoms with Gasteiger partial charge in [0, 0.05) is 0 Å². The predicted octanol–water partition coefficient (Wildman–Crippen LogP) is 3.24. The molecule has 0 saturated carbocycles. The normalized spacial score (nSPS) is 17.4. The Kier molecular flexibility index (Phi) is 4.73. The van der Waals surface area contributed by atoms with Gasteiger partial charge in [-0.1, -0.05) is 30.3 Å². The molecular formula is C17H16N2O2S2. The van der Waals surface area contributed by atoms with Crippen LogP contribution < -0.4 is 10.6 Å². The number of ether oxygens (including phenoxy) is 1. The first kappa shape index (κ1) is 15.7. The molecule has 3 rings (SSSR count). The van der Waals surface area contributed by atoms with Crippen molar-refractivity contribution in [1.29, 1.82) is 0 Å². The first-order chi connectivity index (χ1) is 11.2. The van der Waals surface area contributed by atoms with Crippen molar-refractivity contribution in [1.82, 2.24) is 10.6 Å². The van der Waals surface area contributed by atoms with Gasteiger partial charge in [0.05, 0.1) is 23.9 Å². The maximum absolute atomic E-state index is 12.6. The first-order valence-corrected chi connectivity index (χ1v) is 8.62. The standard InChI is InChI=1S/C17H16N2O2S2/c1-2-21-16(20)13-14(11-6-4-3-5-7-11)18-17(22)19-15(13)12-8-9-23-10-12/h3-10,15H,2H2,1H3,(H2,18,19,22)/t15-/m0/s1. The van der Waals surface area contributed by atoms with Gasteiger partial charge in [0.25, 0.3) is 0 Å². The summed E-state index contributed by atoms with van der Waals surface area (Å²) in [6.45, 7) is 2.12. The molecule has 2 N–H and O–H groups in total. The highest BCUT2D eigenvalue weighted by molar-refractivity contribution is 7.80. The van der Waals surface area contributed by atoms with Gasteiger partial charge in [0.15, 0.2) is 5.11 Å². The zero-order valence-corrected chi connectivity index (χ0v) is 14.2. The van der Waals surface area contributed by atoms with Crippen LogP contribution >= 0.6 is 23.6 Å². The number of hydrogen-bond donors (Lipinski definition) is 2. The number of rotatable bonds is 4. The molecule has 2 aromatic rings. The molecule has 23 heavy (non-hydrogen) atoms. The molecule has 0 spiro atoms. The van der Waals surface area contributed by atoms with E-state index in [1.54, 1.807) is 18.3 Å². The topological polar surface area (TPSA) is 50.4 Å². The average Bonchev–Trinajstić information content (AvgIpc) is 3.09. The lowest BCUT2D eigenvalue weighted by atomic mass is 9.94. The molecule has 1 aromatic carbocycles. The zero-order valence-electron chi connectivity index (χ0n) is 12.5. The van der Waals surface area contributed by atoms with Crippen LogP contribution in [0.15, 0.2) is 52.7 Å². The van der Waals surface area contributed by atoms with Crippen molar-refractivity contribution >= 4 is 40.3 Å². The van der Waals surface area contributed by atoms with Gasteiger partial charge in [-0.3, -0.25) is 0 Å². The number of nitrogens with one attached hydrogen (secondary N) is 2. The third-order valence-corrected chi connectivity index (χ3v) is 4.43. The van der Waals surface area contributed by atoms with E-state index in [0.29, 0.717) is 23.0 Å². The minimum absolute atomic E-state index is 0.316. The number of carbonyl (C=O) groups excluding carboxylic acids is 1. The van der Waals surface area contributed by atoms with Gasteiger partial charge in [0.2, 0.25) is 0 Å². The molecule has 0 fully saturated rings. The van der Waals surface area contributed by atoms with Gasteiger partial charge in [0.1, 0.15) is 0 Å². The summed E-state index contributed by atoms with van der Waals surface area (Å²) in [6.07, 6.45) is 0. The van der Waals surface area contributed by atoms with Gasteiger partial charge < -0.3 is 15.4 Å². The van der Waals surface area contributed by atoms with E-state index in [1.165, 1.54) is 0 Å². The van der Waals surface area contributed by atoms with E-state index in [9.17, 15) is 4.79 Å². The summed E-state index contributed by atoms with van der Waals surface area (Å²) in [5.74, 6) is -0.343. The van der Waals surface area contributed by atoms with E-state index in [4.69, 9.17) is 17.0 Å². The molecule has 0 aliphatic carbocycles. The quantitative estimate of drug-likeness (QED) is 0.659. The van der Waals surface area contributed by atoms with Gasteiger partial charge in [-0.25, -0.2) is 4.79 Å². The van der Waals surface area contributed by atoms with Crippen molar-refractivity contribution in [3.8, 4) is 0 Å². The number of benzene rings is 1. The molecule has 2 heterocycles. The summed E-state index contributed by atoms with van der Waals surface area (Å²) in [4.78, 5) is 12.6. The Morgan fingerprint density at radius 1 is 1.30 bits per heavy atom. The second-order valence-corrected chi connectivity index (χ2v) is 6.15. The summed E-state index contributed by atoms with van der Waals surface area (Å²) < 4.78 is 5.28. The minimum atomic E-state index is -0.343. The Bertz CT molecular complexity index is 739. The van der Waals surface area contributed by atoms with Crippen LogP contribution in [0.5, 0.6) is 0 Å². The molecule has 0 amide bonds. The lowest BCUT2D eigenvalue weighted by Crippen LogP contribution is -2.45. The zero-order chi connectivity index (χ0) is 16.2. The van der Waals surface area contributed by atoms with Crippen LogP contribution in [0.25, 0.3) is 5.70 Å². The molecule has 0 saturated heterocycles. The average molecular weight is 344 g/mol. The van der Waals surface area contributed by atoms with Crippen LogP contribution in [0.1, 0.15) is 24.1 Å². The van der Waals surface area contributed by atoms with Gasteiger partial charge in [-0.15, -0.1) is 0 Å². The number of esters is 1. The first-order valence-electron chi connectivity index (χ1n) is 7.27.